The molecule has 0 aromatic heterocycles. The standard InChI is InChI=1S/C4H6NO2S.3C4H9.Sn/c6-4(7)3-1-8-2-5-3;3*1-3-4-2;/h3H,1-2H2,(H,6,7);3*1,3-4H2,2H3;/q-1;;;;+1/t3-;;;;/m0..../s1. The summed E-state index contributed by atoms with van der Waals surface area (Å²) in [4.78, 5) is 11.7. The van der Waals surface area contributed by atoms with Crippen LogP contribution in [0.5, 0.6) is 0 Å². The second-order valence-corrected chi connectivity index (χ2v) is 20.3. The second-order valence-electron chi connectivity index (χ2n) is 6.36. The van der Waals surface area contributed by atoms with Crippen LogP contribution in [0.15, 0.2) is 0 Å². The molecule has 0 aromatic rings. The normalized spacial score (nSPS) is 20.0. The first-order valence-electron chi connectivity index (χ1n) is 8.68. The Kier molecular flexibility index (Phi) is 9.69. The summed E-state index contributed by atoms with van der Waals surface area (Å²) < 4.78 is 6.67. The van der Waals surface area contributed by atoms with Gasteiger partial charge in [0.15, 0.2) is 0 Å². The van der Waals surface area contributed by atoms with E-state index in [1.807, 2.05) is 11.8 Å². The number of nitrogens with zero attached hydrogens (tertiary/aromatic N) is 1. The van der Waals surface area contributed by atoms with E-state index in [9.17, 15) is 9.90 Å². The van der Waals surface area contributed by atoms with E-state index in [0.29, 0.717) is 0 Å². The predicted octanol–water partition coefficient (Wildman–Crippen LogP) is 4.79. The molecule has 0 bridgehead atoms. The Labute approximate surface area is 139 Å². The molecule has 5 heteroatoms. The molecule has 1 atom stereocenters. The minimum atomic E-state index is -2.51. The van der Waals surface area contributed by atoms with Crippen molar-refractivity contribution in [1.29, 1.82) is 0 Å². The molecular weight excluding hydrogens is 389 g/mol. The molecule has 3 nitrogen and oxygen atoms in total. The molecule has 1 rings (SSSR count). The van der Waals surface area contributed by atoms with E-state index in [1.165, 1.54) is 51.8 Å². The summed E-state index contributed by atoms with van der Waals surface area (Å²) in [5, 5.41) is 9.60. The second kappa shape index (κ2) is 10.4. The van der Waals surface area contributed by atoms with Gasteiger partial charge in [-0.3, -0.25) is 0 Å². The van der Waals surface area contributed by atoms with Crippen LogP contribution >= 0.6 is 11.8 Å². The zero-order valence-electron chi connectivity index (χ0n) is 14.1. The first-order chi connectivity index (χ1) is 10.1. The number of thioether (sulfide) groups is 1. The van der Waals surface area contributed by atoms with Crippen LogP contribution < -0.4 is 0 Å². The molecule has 0 radical (unpaired) electrons. The molecule has 1 aliphatic heterocycles. The molecule has 0 aliphatic carbocycles. The summed E-state index contributed by atoms with van der Waals surface area (Å²) in [6.07, 6.45) is 7.64. The molecule has 0 amide bonds. The summed E-state index contributed by atoms with van der Waals surface area (Å²) in [5.41, 5.74) is 0. The molecule has 21 heavy (non-hydrogen) atoms. The number of carbonyl (C=O) groups is 1. The summed E-state index contributed by atoms with van der Waals surface area (Å²) in [7, 11) is 0. The van der Waals surface area contributed by atoms with Crippen molar-refractivity contribution in [2.24, 2.45) is 0 Å². The molecule has 0 saturated carbocycles. The molecule has 0 unspecified atom stereocenters. The first kappa shape index (κ1) is 19.6. The van der Waals surface area contributed by atoms with Crippen molar-refractivity contribution in [2.45, 2.75) is 78.6 Å². The van der Waals surface area contributed by atoms with Crippen molar-refractivity contribution in [3.8, 4) is 0 Å². The van der Waals surface area contributed by atoms with E-state index in [-0.39, 0.29) is 6.04 Å². The molecule has 0 spiro atoms. The van der Waals surface area contributed by atoms with Gasteiger partial charge in [0.1, 0.15) is 0 Å². The number of aliphatic carboxylic acids is 1. The summed E-state index contributed by atoms with van der Waals surface area (Å²) in [6.45, 7) is 6.80. The first-order valence-corrected chi connectivity index (χ1v) is 17.2. The maximum atomic E-state index is 11.7. The van der Waals surface area contributed by atoms with E-state index in [0.717, 1.165) is 11.6 Å². The van der Waals surface area contributed by atoms with Crippen LogP contribution in [0.2, 0.25) is 13.3 Å². The molecule has 0 aromatic carbocycles. The molecule has 1 heterocycles. The zero-order valence-corrected chi connectivity index (χ0v) is 17.7. The molecule has 1 aliphatic rings. The van der Waals surface area contributed by atoms with Crippen LogP contribution in [0.4, 0.5) is 0 Å². The van der Waals surface area contributed by atoms with Crippen molar-refractivity contribution in [1.82, 2.24) is 3.12 Å². The van der Waals surface area contributed by atoms with Crippen molar-refractivity contribution < 1.29 is 9.90 Å². The monoisotopic (exact) mass is 423 g/mol. The van der Waals surface area contributed by atoms with Gasteiger partial charge in [0, 0.05) is 0 Å². The molecule has 1 saturated heterocycles. The van der Waals surface area contributed by atoms with Crippen molar-refractivity contribution in [2.75, 3.05) is 11.6 Å². The topological polar surface area (TPSA) is 40.5 Å². The number of hydrogen-bond acceptors (Lipinski definition) is 3. The Morgan fingerprint density at radius 1 is 1.10 bits per heavy atom. The third-order valence-electron chi connectivity index (χ3n) is 4.76. The van der Waals surface area contributed by atoms with Gasteiger partial charge in [0.25, 0.3) is 0 Å². The quantitative estimate of drug-likeness (QED) is 0.486. The van der Waals surface area contributed by atoms with E-state index in [4.69, 9.17) is 0 Å². The van der Waals surface area contributed by atoms with Crippen LogP contribution in [0.25, 0.3) is 0 Å². The Morgan fingerprint density at radius 3 is 1.95 bits per heavy atom. The Morgan fingerprint density at radius 2 is 1.57 bits per heavy atom. The van der Waals surface area contributed by atoms with Crippen molar-refractivity contribution in [3.05, 3.63) is 0 Å². The Bertz CT molecular complexity index is 293. The molecule has 1 N–H and O–H groups in total. The van der Waals surface area contributed by atoms with Gasteiger partial charge in [-0.2, -0.15) is 0 Å². The summed E-state index contributed by atoms with van der Waals surface area (Å²) >= 11 is -0.667. The van der Waals surface area contributed by atoms with Crippen molar-refractivity contribution in [3.63, 3.8) is 0 Å². The fourth-order valence-electron chi connectivity index (χ4n) is 3.44. The van der Waals surface area contributed by atoms with Gasteiger partial charge in [-0.1, -0.05) is 0 Å². The average Bonchev–Trinajstić information content (AvgIpc) is 2.97. The predicted molar refractivity (Wildman–Crippen MR) is 95.5 cm³/mol. The third-order valence-corrected chi connectivity index (χ3v) is 22.2. The minimum absolute atomic E-state index is 0.184. The fraction of sp³-hybridized carbons (Fsp3) is 0.938. The zero-order chi connectivity index (χ0) is 15.7. The van der Waals surface area contributed by atoms with Crippen LogP contribution in [-0.2, 0) is 4.79 Å². The fourth-order valence-corrected chi connectivity index (χ4v) is 24.0. The number of hydrogen-bond donors (Lipinski definition) is 1. The van der Waals surface area contributed by atoms with E-state index >= 15 is 0 Å². The SMILES string of the molecule is CCC[CH2][Sn]([CH2]CCC)([CH2]CCC)[N]1CSC[C@H]1C(=O)O. The molecular formula is C16H33NO2SSn. The van der Waals surface area contributed by atoms with E-state index in [2.05, 4.69) is 23.9 Å². The van der Waals surface area contributed by atoms with Gasteiger partial charge in [-0.25, -0.2) is 0 Å². The number of carboxylic acids is 1. The van der Waals surface area contributed by atoms with Crippen LogP contribution in [-0.4, -0.2) is 50.5 Å². The van der Waals surface area contributed by atoms with Crippen LogP contribution in [0.3, 0.4) is 0 Å². The van der Waals surface area contributed by atoms with Gasteiger partial charge < -0.3 is 0 Å². The third kappa shape index (κ3) is 5.61. The Hall–Kier alpha value is 0.579. The molecule has 124 valence electrons. The number of carboxylic acid groups (broad SMARTS) is 1. The number of rotatable bonds is 11. The summed E-state index contributed by atoms with van der Waals surface area (Å²) in [6, 6.07) is -0.184. The van der Waals surface area contributed by atoms with Crippen LogP contribution in [0.1, 0.15) is 59.3 Å². The van der Waals surface area contributed by atoms with Gasteiger partial charge >= 0.3 is 140 Å². The summed E-state index contributed by atoms with van der Waals surface area (Å²) in [5.74, 6) is 1.22. The van der Waals surface area contributed by atoms with E-state index < -0.39 is 24.6 Å². The molecule has 1 fully saturated rings. The van der Waals surface area contributed by atoms with Gasteiger partial charge in [-0.15, -0.1) is 0 Å². The average molecular weight is 422 g/mol. The van der Waals surface area contributed by atoms with Gasteiger partial charge in [-0.05, 0) is 0 Å². The van der Waals surface area contributed by atoms with E-state index in [1.54, 1.807) is 0 Å². The van der Waals surface area contributed by atoms with Gasteiger partial charge in [0.05, 0.1) is 0 Å². The Balaban J connectivity index is 2.96. The van der Waals surface area contributed by atoms with Gasteiger partial charge in [0.2, 0.25) is 0 Å². The number of unbranched alkanes of at least 4 members (excludes halogenated alkanes) is 3. The van der Waals surface area contributed by atoms with Crippen LogP contribution in [0, 0.1) is 0 Å². The maximum absolute atomic E-state index is 11.7. The van der Waals surface area contributed by atoms with Crippen molar-refractivity contribution >= 4 is 36.4 Å².